The lowest BCUT2D eigenvalue weighted by Crippen LogP contribution is -2.38. The monoisotopic (exact) mass is 199 g/mol. The number of rotatable bonds is 4. The van der Waals surface area contributed by atoms with Gasteiger partial charge in [0.1, 0.15) is 0 Å². The van der Waals surface area contributed by atoms with E-state index in [4.69, 9.17) is 4.74 Å². The van der Waals surface area contributed by atoms with Crippen LogP contribution < -0.4 is 5.32 Å². The molecule has 14 heavy (non-hydrogen) atoms. The third-order valence-corrected chi connectivity index (χ3v) is 2.43. The molecule has 4 nitrogen and oxygen atoms in total. The minimum atomic E-state index is -0.602. The van der Waals surface area contributed by atoms with Crippen LogP contribution in [0.1, 0.15) is 39.0 Å². The molecule has 0 aromatic heterocycles. The van der Waals surface area contributed by atoms with Crippen molar-refractivity contribution < 1.29 is 14.3 Å². The number of hydrogen-bond acceptors (Lipinski definition) is 3. The zero-order valence-corrected chi connectivity index (χ0v) is 8.54. The molecule has 1 saturated carbocycles. The van der Waals surface area contributed by atoms with Crippen LogP contribution in [0.4, 0.5) is 4.79 Å². The maximum Gasteiger partial charge on any atom is 0.413 e. The predicted octanol–water partition coefficient (Wildman–Crippen LogP) is 1.84. The summed E-state index contributed by atoms with van der Waals surface area (Å²) >= 11 is 0. The van der Waals surface area contributed by atoms with Crippen molar-refractivity contribution in [3.05, 3.63) is 0 Å². The van der Waals surface area contributed by atoms with Crippen LogP contribution >= 0.6 is 0 Å². The number of carbonyl (C=O) groups is 2. The van der Waals surface area contributed by atoms with Crippen molar-refractivity contribution in [2.24, 2.45) is 5.92 Å². The summed E-state index contributed by atoms with van der Waals surface area (Å²) in [5.74, 6) is -0.147. The average Bonchev–Trinajstić information content (AvgIpc) is 2.00. The Morgan fingerprint density at radius 3 is 2.64 bits per heavy atom. The van der Waals surface area contributed by atoms with Crippen LogP contribution in [0.3, 0.4) is 0 Å². The van der Waals surface area contributed by atoms with E-state index >= 15 is 0 Å². The van der Waals surface area contributed by atoms with Crippen molar-refractivity contribution in [2.75, 3.05) is 6.61 Å². The molecule has 0 spiro atoms. The first-order valence-electron chi connectivity index (χ1n) is 5.21. The number of alkyl carbamates (subject to hydrolysis) is 1. The molecule has 0 heterocycles. The van der Waals surface area contributed by atoms with E-state index in [9.17, 15) is 9.59 Å². The second-order valence-electron chi connectivity index (χ2n) is 3.61. The lowest BCUT2D eigenvalue weighted by atomic mass is 9.85. The Labute approximate surface area is 84.0 Å². The van der Waals surface area contributed by atoms with Gasteiger partial charge >= 0.3 is 6.09 Å². The van der Waals surface area contributed by atoms with Gasteiger partial charge in [-0.25, -0.2) is 4.79 Å². The molecule has 0 unspecified atom stereocenters. The number of nitrogens with one attached hydrogen (secondary N) is 1. The summed E-state index contributed by atoms with van der Waals surface area (Å²) in [7, 11) is 0. The molecule has 0 aromatic rings. The van der Waals surface area contributed by atoms with Crippen molar-refractivity contribution >= 4 is 12.0 Å². The smallest absolute Gasteiger partial charge is 0.413 e. The highest BCUT2D eigenvalue weighted by Crippen LogP contribution is 2.26. The summed E-state index contributed by atoms with van der Waals surface area (Å²) in [6.45, 7) is 2.40. The molecule has 1 rings (SSSR count). The topological polar surface area (TPSA) is 55.4 Å². The van der Waals surface area contributed by atoms with Crippen LogP contribution in [0.5, 0.6) is 0 Å². The molecule has 1 fully saturated rings. The standard InChI is InChI=1S/C10H17NO3/c1-2-3-7-14-10(13)11-9(12)8-5-4-6-8/h8H,2-7H2,1H3,(H,11,12,13). The lowest BCUT2D eigenvalue weighted by Gasteiger charge is -2.23. The fourth-order valence-electron chi connectivity index (χ4n) is 1.22. The first kappa shape index (κ1) is 11.0. The van der Waals surface area contributed by atoms with Crippen molar-refractivity contribution in [1.29, 1.82) is 0 Å². The zero-order chi connectivity index (χ0) is 10.4. The normalized spacial score (nSPS) is 15.8. The van der Waals surface area contributed by atoms with Crippen molar-refractivity contribution in [3.63, 3.8) is 0 Å². The molecule has 0 aliphatic heterocycles. The van der Waals surface area contributed by atoms with E-state index in [1.807, 2.05) is 6.92 Å². The Hall–Kier alpha value is -1.06. The Kier molecular flexibility index (Phi) is 4.43. The minimum absolute atomic E-state index is 0.0359. The SMILES string of the molecule is CCCCOC(=O)NC(=O)C1CCC1. The van der Waals surface area contributed by atoms with E-state index in [1.165, 1.54) is 0 Å². The first-order valence-corrected chi connectivity index (χ1v) is 5.21. The molecule has 1 aliphatic carbocycles. The number of imide groups is 1. The third kappa shape index (κ3) is 3.36. The summed E-state index contributed by atoms with van der Waals surface area (Å²) in [6.07, 6.45) is 4.09. The number of amides is 2. The Balaban J connectivity index is 2.09. The van der Waals surface area contributed by atoms with Crippen LogP contribution in [-0.2, 0) is 9.53 Å². The Morgan fingerprint density at radius 1 is 1.43 bits per heavy atom. The van der Waals surface area contributed by atoms with E-state index in [-0.39, 0.29) is 11.8 Å². The number of ether oxygens (including phenoxy) is 1. The molecular formula is C10H17NO3. The van der Waals surface area contributed by atoms with Crippen LogP contribution in [0.2, 0.25) is 0 Å². The summed E-state index contributed by atoms with van der Waals surface area (Å²) in [5.41, 5.74) is 0. The molecule has 0 saturated heterocycles. The van der Waals surface area contributed by atoms with Gasteiger partial charge in [-0.1, -0.05) is 19.8 Å². The second-order valence-corrected chi connectivity index (χ2v) is 3.61. The van der Waals surface area contributed by atoms with Gasteiger partial charge in [0.2, 0.25) is 5.91 Å². The number of hydrogen-bond donors (Lipinski definition) is 1. The second kappa shape index (κ2) is 5.62. The average molecular weight is 199 g/mol. The third-order valence-electron chi connectivity index (χ3n) is 2.43. The highest BCUT2D eigenvalue weighted by atomic mass is 16.5. The quantitative estimate of drug-likeness (QED) is 0.703. The van der Waals surface area contributed by atoms with Crippen molar-refractivity contribution in [2.45, 2.75) is 39.0 Å². The number of unbranched alkanes of at least 4 members (excludes halogenated alkanes) is 1. The Bertz CT molecular complexity index is 211. The lowest BCUT2D eigenvalue weighted by molar-refractivity contribution is -0.126. The predicted molar refractivity (Wildman–Crippen MR) is 51.7 cm³/mol. The van der Waals surface area contributed by atoms with Crippen LogP contribution in [0.15, 0.2) is 0 Å². The summed E-state index contributed by atoms with van der Waals surface area (Å²) < 4.78 is 4.80. The van der Waals surface area contributed by atoms with Crippen LogP contribution in [0, 0.1) is 5.92 Å². The van der Waals surface area contributed by atoms with Crippen LogP contribution in [0.25, 0.3) is 0 Å². The molecule has 0 atom stereocenters. The number of carbonyl (C=O) groups excluding carboxylic acids is 2. The maximum atomic E-state index is 11.3. The van der Waals surface area contributed by atoms with Gasteiger partial charge in [-0.05, 0) is 19.3 Å². The van der Waals surface area contributed by atoms with E-state index in [1.54, 1.807) is 0 Å². The van der Waals surface area contributed by atoms with Gasteiger partial charge < -0.3 is 4.74 Å². The first-order chi connectivity index (χ1) is 6.74. The van der Waals surface area contributed by atoms with E-state index in [0.717, 1.165) is 32.1 Å². The summed E-state index contributed by atoms with van der Waals surface area (Å²) in [5, 5.41) is 2.24. The molecule has 1 N–H and O–H groups in total. The van der Waals surface area contributed by atoms with Gasteiger partial charge in [-0.15, -0.1) is 0 Å². The van der Waals surface area contributed by atoms with Crippen molar-refractivity contribution in [1.82, 2.24) is 5.32 Å². The summed E-state index contributed by atoms with van der Waals surface area (Å²) in [4.78, 5) is 22.3. The van der Waals surface area contributed by atoms with E-state index in [0.29, 0.717) is 6.61 Å². The summed E-state index contributed by atoms with van der Waals surface area (Å²) in [6, 6.07) is 0. The van der Waals surface area contributed by atoms with Gasteiger partial charge in [-0.2, -0.15) is 0 Å². The van der Waals surface area contributed by atoms with Gasteiger partial charge in [0.05, 0.1) is 6.61 Å². The minimum Gasteiger partial charge on any atom is -0.449 e. The molecule has 0 aromatic carbocycles. The molecule has 4 heteroatoms. The van der Waals surface area contributed by atoms with Gasteiger partial charge in [0.25, 0.3) is 0 Å². The molecule has 80 valence electrons. The highest BCUT2D eigenvalue weighted by molar-refractivity contribution is 5.93. The molecule has 1 aliphatic rings. The maximum absolute atomic E-state index is 11.3. The molecule has 0 bridgehead atoms. The van der Waals surface area contributed by atoms with Crippen molar-refractivity contribution in [3.8, 4) is 0 Å². The fraction of sp³-hybridized carbons (Fsp3) is 0.800. The molecular weight excluding hydrogens is 182 g/mol. The van der Waals surface area contributed by atoms with Gasteiger partial charge in [0.15, 0.2) is 0 Å². The van der Waals surface area contributed by atoms with E-state index in [2.05, 4.69) is 5.32 Å². The molecule has 0 radical (unpaired) electrons. The van der Waals surface area contributed by atoms with Gasteiger partial charge in [0, 0.05) is 5.92 Å². The zero-order valence-electron chi connectivity index (χ0n) is 8.54. The van der Waals surface area contributed by atoms with Gasteiger partial charge in [-0.3, -0.25) is 10.1 Å². The van der Waals surface area contributed by atoms with E-state index < -0.39 is 6.09 Å². The molecule has 2 amide bonds. The fourth-order valence-corrected chi connectivity index (χ4v) is 1.22. The highest BCUT2D eigenvalue weighted by Gasteiger charge is 2.26. The Morgan fingerprint density at radius 2 is 2.14 bits per heavy atom. The largest absolute Gasteiger partial charge is 0.449 e. The van der Waals surface area contributed by atoms with Crippen LogP contribution in [-0.4, -0.2) is 18.6 Å².